The number of anilines is 2. The van der Waals surface area contributed by atoms with Gasteiger partial charge >= 0.3 is 0 Å². The molecule has 7 heteroatoms. The summed E-state index contributed by atoms with van der Waals surface area (Å²) in [6.07, 6.45) is 0. The predicted octanol–water partition coefficient (Wildman–Crippen LogP) is 2.84. The largest absolute Gasteiger partial charge is 0.368 e. The third kappa shape index (κ3) is 3.71. The van der Waals surface area contributed by atoms with Crippen molar-refractivity contribution in [1.29, 1.82) is 0 Å². The van der Waals surface area contributed by atoms with E-state index in [9.17, 15) is 4.79 Å². The molecule has 0 spiro atoms. The average molecular weight is 376 g/mol. The van der Waals surface area contributed by atoms with Gasteiger partial charge in [-0.2, -0.15) is 5.10 Å². The second-order valence-electron chi connectivity index (χ2n) is 6.81. The number of aryl methyl sites for hydroxylation is 2. The maximum atomic E-state index is 12.7. The smallest absolute Gasteiger partial charge is 0.241 e. The zero-order valence-corrected chi connectivity index (χ0v) is 16.5. The zero-order valence-electron chi connectivity index (χ0n) is 15.8. The highest BCUT2D eigenvalue weighted by atomic mass is 35.5. The highest BCUT2D eigenvalue weighted by Gasteiger charge is 2.27. The molecule has 1 fully saturated rings. The van der Waals surface area contributed by atoms with Gasteiger partial charge in [-0.3, -0.25) is 14.4 Å². The number of halogens is 1. The van der Waals surface area contributed by atoms with Crippen molar-refractivity contribution in [3.8, 4) is 0 Å². The molecule has 1 aromatic heterocycles. The molecule has 2 aromatic rings. The van der Waals surface area contributed by atoms with Crippen molar-refractivity contribution in [2.75, 3.05) is 36.4 Å². The van der Waals surface area contributed by atoms with E-state index < -0.39 is 0 Å². The molecule has 0 unspecified atom stereocenters. The molecule has 0 saturated carbocycles. The topological polar surface area (TPSA) is 53.4 Å². The van der Waals surface area contributed by atoms with E-state index >= 15 is 0 Å². The van der Waals surface area contributed by atoms with Gasteiger partial charge in [0.25, 0.3) is 0 Å². The van der Waals surface area contributed by atoms with Crippen molar-refractivity contribution in [3.05, 3.63) is 40.7 Å². The van der Waals surface area contributed by atoms with Crippen LogP contribution in [0.4, 0.5) is 11.4 Å². The Morgan fingerprint density at radius 1 is 1.19 bits per heavy atom. The lowest BCUT2D eigenvalue weighted by atomic mass is 10.2. The first-order valence-electron chi connectivity index (χ1n) is 8.93. The fourth-order valence-electron chi connectivity index (χ4n) is 3.41. The molecule has 3 rings (SSSR count). The maximum Gasteiger partial charge on any atom is 0.241 e. The van der Waals surface area contributed by atoms with Gasteiger partial charge in [-0.15, -0.1) is 0 Å². The Hall–Kier alpha value is -2.05. The number of nitrogens with zero attached hydrogens (tertiary/aromatic N) is 4. The number of amides is 1. The molecular weight excluding hydrogens is 350 g/mol. The fraction of sp³-hybridized carbons (Fsp3) is 0.474. The minimum Gasteiger partial charge on any atom is -0.368 e. The number of rotatable bonds is 4. The maximum absolute atomic E-state index is 12.7. The van der Waals surface area contributed by atoms with Crippen LogP contribution in [-0.4, -0.2) is 52.8 Å². The molecule has 1 aliphatic heterocycles. The van der Waals surface area contributed by atoms with E-state index in [4.69, 9.17) is 11.6 Å². The van der Waals surface area contributed by atoms with Gasteiger partial charge in [-0.05, 0) is 32.9 Å². The van der Waals surface area contributed by atoms with Crippen molar-refractivity contribution in [2.24, 2.45) is 7.05 Å². The third-order valence-electron chi connectivity index (χ3n) is 5.19. The SMILES string of the molecule is Cc1nn(C)c(C)c1NC(=O)[C@H](C)N1CCN(c2ccccc2Cl)CC1. The van der Waals surface area contributed by atoms with E-state index in [0.29, 0.717) is 0 Å². The molecule has 2 heterocycles. The monoisotopic (exact) mass is 375 g/mol. The van der Waals surface area contributed by atoms with Crippen molar-refractivity contribution in [3.63, 3.8) is 0 Å². The molecule has 0 radical (unpaired) electrons. The molecule has 1 saturated heterocycles. The van der Waals surface area contributed by atoms with Gasteiger partial charge in [0, 0.05) is 33.2 Å². The highest BCUT2D eigenvalue weighted by molar-refractivity contribution is 6.33. The Balaban J connectivity index is 1.60. The lowest BCUT2D eigenvalue weighted by molar-refractivity contribution is -0.120. The first kappa shape index (κ1) is 18.7. The van der Waals surface area contributed by atoms with E-state index in [-0.39, 0.29) is 11.9 Å². The summed E-state index contributed by atoms with van der Waals surface area (Å²) in [5.41, 5.74) is 3.69. The minimum atomic E-state index is -0.192. The first-order valence-corrected chi connectivity index (χ1v) is 9.31. The first-order chi connectivity index (χ1) is 12.4. The number of hydrogen-bond acceptors (Lipinski definition) is 4. The Bertz CT molecular complexity index is 795. The van der Waals surface area contributed by atoms with Crippen molar-refractivity contribution < 1.29 is 4.79 Å². The number of nitrogens with one attached hydrogen (secondary N) is 1. The lowest BCUT2D eigenvalue weighted by Crippen LogP contribution is -2.53. The molecule has 1 atom stereocenters. The van der Waals surface area contributed by atoms with Gasteiger partial charge in [0.05, 0.1) is 33.8 Å². The number of para-hydroxylation sites is 1. The van der Waals surface area contributed by atoms with E-state index in [1.165, 1.54) is 0 Å². The van der Waals surface area contributed by atoms with Crippen LogP contribution in [0, 0.1) is 13.8 Å². The summed E-state index contributed by atoms with van der Waals surface area (Å²) in [5, 5.41) is 8.18. The molecular formula is C19H26ClN5O. The number of aromatic nitrogens is 2. The van der Waals surface area contributed by atoms with Gasteiger partial charge in [-0.25, -0.2) is 0 Å². The van der Waals surface area contributed by atoms with Crippen molar-refractivity contribution in [1.82, 2.24) is 14.7 Å². The Morgan fingerprint density at radius 2 is 1.85 bits per heavy atom. The molecule has 0 aliphatic carbocycles. The number of carbonyl (C=O) groups excluding carboxylic acids is 1. The van der Waals surface area contributed by atoms with Crippen LogP contribution >= 0.6 is 11.6 Å². The number of piperazine rings is 1. The van der Waals surface area contributed by atoms with Gasteiger partial charge in [0.15, 0.2) is 0 Å². The Labute approximate surface area is 159 Å². The zero-order chi connectivity index (χ0) is 18.8. The van der Waals surface area contributed by atoms with Crippen LogP contribution < -0.4 is 10.2 Å². The van der Waals surface area contributed by atoms with Crippen LogP contribution in [0.2, 0.25) is 5.02 Å². The minimum absolute atomic E-state index is 0.00962. The Morgan fingerprint density at radius 3 is 2.42 bits per heavy atom. The molecule has 0 bridgehead atoms. The van der Waals surface area contributed by atoms with E-state index in [0.717, 1.165) is 54.0 Å². The quantitative estimate of drug-likeness (QED) is 0.892. The van der Waals surface area contributed by atoms with Crippen LogP contribution in [0.1, 0.15) is 18.3 Å². The standard InChI is InChI=1S/C19H26ClN5O/c1-13-18(14(2)23(4)22-13)21-19(26)15(3)24-9-11-25(12-10-24)17-8-6-5-7-16(17)20/h5-8,15H,9-12H2,1-4H3,(H,21,26)/t15-/m0/s1. The molecule has 1 aromatic carbocycles. The highest BCUT2D eigenvalue weighted by Crippen LogP contribution is 2.26. The number of carbonyl (C=O) groups is 1. The molecule has 26 heavy (non-hydrogen) atoms. The Kier molecular flexibility index (Phi) is 5.53. The summed E-state index contributed by atoms with van der Waals surface area (Å²) < 4.78 is 1.79. The van der Waals surface area contributed by atoms with E-state index in [1.807, 2.05) is 52.1 Å². The lowest BCUT2D eigenvalue weighted by Gasteiger charge is -2.38. The summed E-state index contributed by atoms with van der Waals surface area (Å²) in [7, 11) is 1.88. The predicted molar refractivity (Wildman–Crippen MR) is 106 cm³/mol. The second kappa shape index (κ2) is 7.68. The average Bonchev–Trinajstić information content (AvgIpc) is 2.88. The van der Waals surface area contributed by atoms with Gasteiger partial charge < -0.3 is 10.2 Å². The molecule has 1 N–H and O–H groups in total. The van der Waals surface area contributed by atoms with E-state index in [2.05, 4.69) is 20.2 Å². The fourth-order valence-corrected chi connectivity index (χ4v) is 3.66. The summed E-state index contributed by atoms with van der Waals surface area (Å²) >= 11 is 6.30. The summed E-state index contributed by atoms with van der Waals surface area (Å²) in [4.78, 5) is 17.2. The summed E-state index contributed by atoms with van der Waals surface area (Å²) in [6.45, 7) is 9.19. The van der Waals surface area contributed by atoms with E-state index in [1.54, 1.807) is 4.68 Å². The summed E-state index contributed by atoms with van der Waals surface area (Å²) in [5.74, 6) is 0.00962. The van der Waals surface area contributed by atoms with Crippen molar-refractivity contribution >= 4 is 28.9 Å². The van der Waals surface area contributed by atoms with Crippen LogP contribution in [0.3, 0.4) is 0 Å². The van der Waals surface area contributed by atoms with Gasteiger partial charge in [0.1, 0.15) is 0 Å². The van der Waals surface area contributed by atoms with Crippen molar-refractivity contribution in [2.45, 2.75) is 26.8 Å². The molecule has 1 aliphatic rings. The van der Waals surface area contributed by atoms with Crippen LogP contribution in [0.5, 0.6) is 0 Å². The molecule has 140 valence electrons. The molecule has 6 nitrogen and oxygen atoms in total. The van der Waals surface area contributed by atoms with Crippen LogP contribution in [-0.2, 0) is 11.8 Å². The summed E-state index contributed by atoms with van der Waals surface area (Å²) in [6, 6.07) is 7.71. The van der Waals surface area contributed by atoms with Crippen LogP contribution in [0.15, 0.2) is 24.3 Å². The van der Waals surface area contributed by atoms with Gasteiger partial charge in [0.2, 0.25) is 5.91 Å². The normalized spacial score (nSPS) is 16.6. The number of benzene rings is 1. The van der Waals surface area contributed by atoms with Crippen LogP contribution in [0.25, 0.3) is 0 Å². The number of hydrogen-bond donors (Lipinski definition) is 1. The third-order valence-corrected chi connectivity index (χ3v) is 5.51. The molecule has 1 amide bonds. The second-order valence-corrected chi connectivity index (χ2v) is 7.22. The van der Waals surface area contributed by atoms with Gasteiger partial charge in [-0.1, -0.05) is 23.7 Å².